The number of halogens is 1. The summed E-state index contributed by atoms with van der Waals surface area (Å²) in [4.78, 5) is 28.2. The number of amides is 2. The molecule has 1 saturated heterocycles. The fourth-order valence-electron chi connectivity index (χ4n) is 4.76. The lowest BCUT2D eigenvalue weighted by Crippen LogP contribution is -2.43. The topological polar surface area (TPSA) is 54.3 Å². The van der Waals surface area contributed by atoms with Crippen LogP contribution < -0.4 is 5.32 Å². The van der Waals surface area contributed by atoms with Gasteiger partial charge in [-0.2, -0.15) is 0 Å². The Hall–Kier alpha value is -3.45. The van der Waals surface area contributed by atoms with Crippen LogP contribution in [0.2, 0.25) is 0 Å². The lowest BCUT2D eigenvalue weighted by molar-refractivity contribution is -0.127. The van der Waals surface area contributed by atoms with Gasteiger partial charge in [-0.1, -0.05) is 42.5 Å². The lowest BCUT2D eigenvalue weighted by Gasteiger charge is -2.32. The summed E-state index contributed by atoms with van der Waals surface area (Å²) in [6.07, 6.45) is 1.29. The lowest BCUT2D eigenvalue weighted by atomic mass is 9.95. The van der Waals surface area contributed by atoms with Crippen molar-refractivity contribution in [2.45, 2.75) is 32.4 Å². The average Bonchev–Trinajstić information content (AvgIpc) is 3.48. The van der Waals surface area contributed by atoms with Gasteiger partial charge in [0.05, 0.1) is 16.3 Å². The molecule has 5 rings (SSSR count). The number of fused-ring (bicyclic) bond motifs is 1. The molecule has 0 bridgehead atoms. The van der Waals surface area contributed by atoms with E-state index in [1.165, 1.54) is 12.1 Å². The van der Waals surface area contributed by atoms with Gasteiger partial charge in [-0.25, -0.2) is 4.39 Å². The van der Waals surface area contributed by atoms with Gasteiger partial charge in [-0.3, -0.25) is 9.59 Å². The van der Waals surface area contributed by atoms with E-state index in [9.17, 15) is 14.0 Å². The summed E-state index contributed by atoms with van der Waals surface area (Å²) in [5, 5.41) is 5.14. The predicted octanol–water partition coefficient (Wildman–Crippen LogP) is 5.62. The van der Waals surface area contributed by atoms with E-state index in [0.717, 1.165) is 21.3 Å². The minimum absolute atomic E-state index is 0.0213. The van der Waals surface area contributed by atoms with Crippen molar-refractivity contribution >= 4 is 33.4 Å². The molecule has 0 radical (unpaired) electrons. The van der Waals surface area contributed by atoms with Crippen LogP contribution in [-0.4, -0.2) is 34.4 Å². The molecule has 2 aromatic heterocycles. The van der Waals surface area contributed by atoms with Crippen molar-refractivity contribution in [3.63, 3.8) is 0 Å². The van der Waals surface area contributed by atoms with Crippen LogP contribution in [0.25, 0.3) is 10.2 Å². The zero-order valence-corrected chi connectivity index (χ0v) is 20.4. The van der Waals surface area contributed by atoms with E-state index in [-0.39, 0.29) is 29.6 Å². The third-order valence-corrected chi connectivity index (χ3v) is 7.66. The third kappa shape index (κ3) is 5.00. The summed E-state index contributed by atoms with van der Waals surface area (Å²) in [6, 6.07) is 20.2. The normalized spacial score (nSPS) is 15.3. The molecule has 1 N–H and O–H groups in total. The van der Waals surface area contributed by atoms with Crippen LogP contribution in [0.1, 0.15) is 47.4 Å². The number of thiophene rings is 1. The van der Waals surface area contributed by atoms with E-state index in [1.807, 2.05) is 64.2 Å². The van der Waals surface area contributed by atoms with E-state index >= 15 is 0 Å². The van der Waals surface area contributed by atoms with Gasteiger partial charge in [0.15, 0.2) is 0 Å². The van der Waals surface area contributed by atoms with Crippen molar-refractivity contribution in [1.29, 1.82) is 0 Å². The molecule has 1 aliphatic heterocycles. The van der Waals surface area contributed by atoms with E-state index in [1.54, 1.807) is 23.5 Å². The van der Waals surface area contributed by atoms with Crippen LogP contribution in [0.4, 0.5) is 4.39 Å². The molecule has 7 heteroatoms. The maximum atomic E-state index is 13.5. The van der Waals surface area contributed by atoms with E-state index in [0.29, 0.717) is 38.2 Å². The summed E-state index contributed by atoms with van der Waals surface area (Å²) in [5.74, 6) is -0.344. The quantitative estimate of drug-likeness (QED) is 0.382. The van der Waals surface area contributed by atoms with Gasteiger partial charge in [0, 0.05) is 25.6 Å². The summed E-state index contributed by atoms with van der Waals surface area (Å²) in [7, 11) is 0. The number of hydrogen-bond acceptors (Lipinski definition) is 3. The van der Waals surface area contributed by atoms with Crippen LogP contribution in [0.3, 0.4) is 0 Å². The largest absolute Gasteiger partial charge is 0.349 e. The molecule has 3 heterocycles. The maximum Gasteiger partial charge on any atom is 0.270 e. The molecular formula is C28H28FN3O2S. The van der Waals surface area contributed by atoms with E-state index in [2.05, 4.69) is 5.32 Å². The Labute approximate surface area is 208 Å². The number of nitrogens with one attached hydrogen (secondary N) is 1. The molecule has 0 saturated carbocycles. The zero-order valence-electron chi connectivity index (χ0n) is 19.6. The van der Waals surface area contributed by atoms with Gasteiger partial charge in [0.1, 0.15) is 11.5 Å². The Morgan fingerprint density at radius 1 is 1.06 bits per heavy atom. The molecule has 1 aliphatic rings. The first kappa shape index (κ1) is 23.3. The van der Waals surface area contributed by atoms with Gasteiger partial charge < -0.3 is 14.8 Å². The number of hydrogen-bond donors (Lipinski definition) is 1. The fraction of sp³-hybridized carbons (Fsp3) is 0.286. The SMILES string of the molecule is C[C@H](NC(=O)C1CCN(C(=O)c2cc3sccc3n2Cc2ccc(F)cc2)CC1)c1ccccc1. The second-order valence-corrected chi connectivity index (χ2v) is 10.1. The summed E-state index contributed by atoms with van der Waals surface area (Å²) in [5.41, 5.74) is 3.66. The Kier molecular flexibility index (Phi) is 6.68. The molecule has 1 atom stereocenters. The molecule has 0 aliphatic carbocycles. The fourth-order valence-corrected chi connectivity index (χ4v) is 5.58. The zero-order chi connectivity index (χ0) is 24.4. The highest BCUT2D eigenvalue weighted by Gasteiger charge is 2.30. The van der Waals surface area contributed by atoms with Gasteiger partial charge in [0.2, 0.25) is 5.91 Å². The monoisotopic (exact) mass is 489 g/mol. The summed E-state index contributed by atoms with van der Waals surface area (Å²) < 4.78 is 16.4. The van der Waals surface area contributed by atoms with Crippen molar-refractivity contribution in [1.82, 2.24) is 14.8 Å². The second-order valence-electron chi connectivity index (χ2n) is 9.12. The number of benzene rings is 2. The highest BCUT2D eigenvalue weighted by molar-refractivity contribution is 7.17. The first-order chi connectivity index (χ1) is 17.0. The molecule has 180 valence electrons. The Morgan fingerprint density at radius 3 is 2.49 bits per heavy atom. The van der Waals surface area contributed by atoms with Gasteiger partial charge >= 0.3 is 0 Å². The second kappa shape index (κ2) is 10.0. The smallest absolute Gasteiger partial charge is 0.270 e. The molecule has 35 heavy (non-hydrogen) atoms. The van der Waals surface area contributed by atoms with Crippen molar-refractivity contribution in [2.75, 3.05) is 13.1 Å². The number of nitrogens with zero attached hydrogens (tertiary/aromatic N) is 2. The number of likely N-dealkylation sites (tertiary alicyclic amines) is 1. The molecule has 1 fully saturated rings. The van der Waals surface area contributed by atoms with Crippen molar-refractivity contribution < 1.29 is 14.0 Å². The number of carbonyl (C=O) groups excluding carboxylic acids is 2. The van der Waals surface area contributed by atoms with Gasteiger partial charge in [-0.15, -0.1) is 11.3 Å². The minimum Gasteiger partial charge on any atom is -0.349 e. The molecule has 5 nitrogen and oxygen atoms in total. The van der Waals surface area contributed by atoms with Crippen LogP contribution in [-0.2, 0) is 11.3 Å². The first-order valence-electron chi connectivity index (χ1n) is 12.0. The number of carbonyl (C=O) groups is 2. The van der Waals surface area contributed by atoms with Gasteiger partial charge in [-0.05, 0) is 60.5 Å². The maximum absolute atomic E-state index is 13.5. The number of aromatic nitrogens is 1. The molecule has 0 spiro atoms. The highest BCUT2D eigenvalue weighted by atomic mass is 32.1. The minimum atomic E-state index is -0.275. The number of rotatable bonds is 6. The standard InChI is InChI=1S/C28H28FN3O2S/c1-19(21-5-3-2-4-6-21)30-27(33)22-11-14-31(15-12-22)28(34)25-17-26-24(13-16-35-26)32(25)18-20-7-9-23(29)10-8-20/h2-10,13,16-17,19,22H,11-12,14-15,18H2,1H3,(H,30,33)/t19-/m0/s1. The summed E-state index contributed by atoms with van der Waals surface area (Å²) in [6.45, 7) is 3.59. The molecular weight excluding hydrogens is 461 g/mol. The highest BCUT2D eigenvalue weighted by Crippen LogP contribution is 2.28. The van der Waals surface area contributed by atoms with Crippen LogP contribution in [0, 0.1) is 11.7 Å². The van der Waals surface area contributed by atoms with Gasteiger partial charge in [0.25, 0.3) is 5.91 Å². The third-order valence-electron chi connectivity index (χ3n) is 6.81. The Bertz CT molecular complexity index is 1320. The number of piperidine rings is 1. The molecule has 0 unspecified atom stereocenters. The molecule has 4 aromatic rings. The van der Waals surface area contributed by atoms with Crippen molar-refractivity contribution in [3.8, 4) is 0 Å². The average molecular weight is 490 g/mol. The van der Waals surface area contributed by atoms with Crippen LogP contribution in [0.5, 0.6) is 0 Å². The predicted molar refractivity (Wildman–Crippen MR) is 137 cm³/mol. The van der Waals surface area contributed by atoms with Crippen molar-refractivity contribution in [2.24, 2.45) is 5.92 Å². The Morgan fingerprint density at radius 2 is 1.77 bits per heavy atom. The summed E-state index contributed by atoms with van der Waals surface area (Å²) >= 11 is 1.60. The van der Waals surface area contributed by atoms with Crippen LogP contribution >= 0.6 is 11.3 Å². The van der Waals surface area contributed by atoms with Crippen molar-refractivity contribution in [3.05, 3.63) is 94.7 Å². The molecule has 2 amide bonds. The van der Waals surface area contributed by atoms with Crippen LogP contribution in [0.15, 0.2) is 72.1 Å². The van der Waals surface area contributed by atoms with E-state index < -0.39 is 0 Å². The van der Waals surface area contributed by atoms with E-state index in [4.69, 9.17) is 0 Å². The first-order valence-corrected chi connectivity index (χ1v) is 12.8. The molecule has 2 aromatic carbocycles. The Balaban J connectivity index is 1.25.